The van der Waals surface area contributed by atoms with Gasteiger partial charge in [-0.3, -0.25) is 19.4 Å². The van der Waals surface area contributed by atoms with Gasteiger partial charge in [0.25, 0.3) is 0 Å². The molecule has 12 nitrogen and oxygen atoms in total. The SMILES string of the molecule is CCC(C)C(NC(=O)C(CCCN=C(N)N)NC(=O)C(NC(=O)C(N)C(C)C)C(C)C)C(=O)O. The van der Waals surface area contributed by atoms with Gasteiger partial charge >= 0.3 is 5.97 Å². The third-order valence-corrected chi connectivity index (χ3v) is 5.62. The number of carboxylic acids is 1. The van der Waals surface area contributed by atoms with Crippen LogP contribution < -0.4 is 33.2 Å². The second-order valence-corrected chi connectivity index (χ2v) is 9.22. The number of carbonyl (C=O) groups excluding carboxylic acids is 3. The minimum absolute atomic E-state index is 0.100. The van der Waals surface area contributed by atoms with Gasteiger partial charge in [-0.2, -0.15) is 0 Å². The van der Waals surface area contributed by atoms with Crippen LogP contribution in [0.2, 0.25) is 0 Å². The third-order valence-electron chi connectivity index (χ3n) is 5.62. The Balaban J connectivity index is 5.62. The zero-order chi connectivity index (χ0) is 26.6. The molecule has 3 amide bonds. The number of rotatable bonds is 15. The summed E-state index contributed by atoms with van der Waals surface area (Å²) in [7, 11) is 0. The van der Waals surface area contributed by atoms with Crippen molar-refractivity contribution in [1.82, 2.24) is 16.0 Å². The molecule has 5 atom stereocenters. The molecule has 0 rings (SSSR count). The summed E-state index contributed by atoms with van der Waals surface area (Å²) in [5, 5.41) is 17.3. The molecule has 0 bridgehead atoms. The summed E-state index contributed by atoms with van der Waals surface area (Å²) in [5.74, 6) is -3.69. The fraction of sp³-hybridized carbons (Fsp3) is 0.773. The molecule has 0 aliphatic carbocycles. The third kappa shape index (κ3) is 10.8. The lowest BCUT2D eigenvalue weighted by Gasteiger charge is -2.28. The minimum atomic E-state index is -1.16. The molecule has 0 heterocycles. The molecule has 0 saturated heterocycles. The average molecular weight is 486 g/mol. The van der Waals surface area contributed by atoms with E-state index in [-0.39, 0.29) is 36.7 Å². The van der Waals surface area contributed by atoms with Gasteiger partial charge in [0, 0.05) is 6.54 Å². The van der Waals surface area contributed by atoms with Crippen LogP contribution in [0.15, 0.2) is 4.99 Å². The van der Waals surface area contributed by atoms with E-state index in [0.29, 0.717) is 12.8 Å². The van der Waals surface area contributed by atoms with Gasteiger partial charge in [-0.1, -0.05) is 48.0 Å². The van der Waals surface area contributed by atoms with Gasteiger partial charge in [-0.05, 0) is 30.6 Å². The van der Waals surface area contributed by atoms with E-state index in [2.05, 4.69) is 20.9 Å². The highest BCUT2D eigenvalue weighted by molar-refractivity contribution is 5.94. The highest BCUT2D eigenvalue weighted by Gasteiger charge is 2.33. The van der Waals surface area contributed by atoms with Crippen LogP contribution in [0.25, 0.3) is 0 Å². The maximum atomic E-state index is 13.0. The molecule has 196 valence electrons. The Morgan fingerprint density at radius 2 is 1.41 bits per heavy atom. The van der Waals surface area contributed by atoms with Crippen molar-refractivity contribution in [3.05, 3.63) is 0 Å². The van der Waals surface area contributed by atoms with E-state index in [4.69, 9.17) is 17.2 Å². The molecular formula is C22H43N7O5. The van der Waals surface area contributed by atoms with Crippen LogP contribution in [0.4, 0.5) is 0 Å². The molecular weight excluding hydrogens is 442 g/mol. The topological polar surface area (TPSA) is 215 Å². The van der Waals surface area contributed by atoms with E-state index in [1.165, 1.54) is 0 Å². The largest absolute Gasteiger partial charge is 0.480 e. The van der Waals surface area contributed by atoms with Crippen molar-refractivity contribution in [3.8, 4) is 0 Å². The van der Waals surface area contributed by atoms with Crippen molar-refractivity contribution >= 4 is 29.7 Å². The Morgan fingerprint density at radius 3 is 1.85 bits per heavy atom. The van der Waals surface area contributed by atoms with E-state index >= 15 is 0 Å². The van der Waals surface area contributed by atoms with Crippen LogP contribution in [-0.2, 0) is 19.2 Å². The lowest BCUT2D eigenvalue weighted by atomic mass is 9.98. The van der Waals surface area contributed by atoms with Crippen LogP contribution in [0.1, 0.15) is 60.8 Å². The molecule has 0 aliphatic heterocycles. The number of hydrogen-bond acceptors (Lipinski definition) is 6. The van der Waals surface area contributed by atoms with Crippen molar-refractivity contribution in [3.63, 3.8) is 0 Å². The predicted octanol–water partition coefficient (Wildman–Crippen LogP) is -0.736. The first kappa shape index (κ1) is 31.1. The number of guanidine groups is 1. The maximum Gasteiger partial charge on any atom is 0.326 e. The van der Waals surface area contributed by atoms with Crippen LogP contribution in [0, 0.1) is 17.8 Å². The first-order valence-electron chi connectivity index (χ1n) is 11.7. The summed E-state index contributed by atoms with van der Waals surface area (Å²) in [6.07, 6.45) is 1.05. The van der Waals surface area contributed by atoms with Crippen molar-refractivity contribution in [2.75, 3.05) is 6.54 Å². The molecule has 0 saturated carbocycles. The van der Waals surface area contributed by atoms with Gasteiger partial charge in [0.05, 0.1) is 6.04 Å². The summed E-state index contributed by atoms with van der Waals surface area (Å²) in [6.45, 7) is 10.9. The monoisotopic (exact) mass is 485 g/mol. The summed E-state index contributed by atoms with van der Waals surface area (Å²) in [4.78, 5) is 54.0. The minimum Gasteiger partial charge on any atom is -0.480 e. The first-order valence-corrected chi connectivity index (χ1v) is 11.7. The molecule has 5 unspecified atom stereocenters. The van der Waals surface area contributed by atoms with Crippen LogP contribution in [0.3, 0.4) is 0 Å². The molecule has 34 heavy (non-hydrogen) atoms. The number of aliphatic carboxylic acids is 1. The molecule has 0 spiro atoms. The van der Waals surface area contributed by atoms with Crippen LogP contribution in [-0.4, -0.2) is 65.5 Å². The first-order chi connectivity index (χ1) is 15.7. The summed E-state index contributed by atoms with van der Waals surface area (Å²) >= 11 is 0. The standard InChI is InChI=1S/C22H43N7O5/c1-7-13(6)17(21(33)34)29-18(30)14(9-8-10-26-22(24)25)27-20(32)16(12(4)5)28-19(31)15(23)11(2)3/h11-17H,7-10,23H2,1-6H3,(H,27,32)(H,28,31)(H,29,30)(H,33,34)(H4,24,25,26). The van der Waals surface area contributed by atoms with Gasteiger partial charge < -0.3 is 38.3 Å². The molecule has 0 aromatic heterocycles. The maximum absolute atomic E-state index is 13.0. The smallest absolute Gasteiger partial charge is 0.326 e. The fourth-order valence-electron chi connectivity index (χ4n) is 3.06. The second kappa shape index (κ2) is 15.1. The van der Waals surface area contributed by atoms with Gasteiger partial charge in [0.15, 0.2) is 5.96 Å². The second-order valence-electron chi connectivity index (χ2n) is 9.22. The summed E-state index contributed by atoms with van der Waals surface area (Å²) in [6, 6.07) is -3.89. The van der Waals surface area contributed by atoms with E-state index < -0.39 is 47.9 Å². The van der Waals surface area contributed by atoms with Crippen LogP contribution >= 0.6 is 0 Å². The molecule has 0 fully saturated rings. The van der Waals surface area contributed by atoms with E-state index in [1.807, 2.05) is 6.92 Å². The van der Waals surface area contributed by atoms with Crippen molar-refractivity contribution in [1.29, 1.82) is 0 Å². The Bertz CT molecular complexity index is 722. The number of nitrogens with two attached hydrogens (primary N) is 3. The predicted molar refractivity (Wildman–Crippen MR) is 130 cm³/mol. The van der Waals surface area contributed by atoms with Gasteiger partial charge in [0.1, 0.15) is 18.1 Å². The summed E-state index contributed by atoms with van der Waals surface area (Å²) in [5.41, 5.74) is 16.5. The molecule has 12 heteroatoms. The lowest BCUT2D eigenvalue weighted by molar-refractivity contribution is -0.144. The Kier molecular flexibility index (Phi) is 13.8. The van der Waals surface area contributed by atoms with Crippen molar-refractivity contribution in [2.24, 2.45) is 39.9 Å². The highest BCUT2D eigenvalue weighted by atomic mass is 16.4. The van der Waals surface area contributed by atoms with E-state index in [9.17, 15) is 24.3 Å². The summed E-state index contributed by atoms with van der Waals surface area (Å²) < 4.78 is 0. The van der Waals surface area contributed by atoms with Crippen molar-refractivity contribution < 1.29 is 24.3 Å². The Labute approximate surface area is 201 Å². The van der Waals surface area contributed by atoms with Crippen molar-refractivity contribution in [2.45, 2.75) is 85.0 Å². The molecule has 0 radical (unpaired) electrons. The van der Waals surface area contributed by atoms with Gasteiger partial charge in [-0.25, -0.2) is 4.79 Å². The van der Waals surface area contributed by atoms with E-state index in [0.717, 1.165) is 0 Å². The number of nitrogens with one attached hydrogen (secondary N) is 3. The number of hydrogen-bond donors (Lipinski definition) is 7. The molecule has 0 aliphatic rings. The number of aliphatic imine (C=N–C) groups is 1. The van der Waals surface area contributed by atoms with Crippen LogP contribution in [0.5, 0.6) is 0 Å². The molecule has 10 N–H and O–H groups in total. The number of carboxylic acid groups (broad SMARTS) is 1. The van der Waals surface area contributed by atoms with Gasteiger partial charge in [0.2, 0.25) is 17.7 Å². The zero-order valence-corrected chi connectivity index (χ0v) is 21.1. The number of nitrogens with zero attached hydrogens (tertiary/aromatic N) is 1. The fourth-order valence-corrected chi connectivity index (χ4v) is 3.06. The normalized spacial score (nSPS) is 15.6. The van der Waals surface area contributed by atoms with Gasteiger partial charge in [-0.15, -0.1) is 0 Å². The number of amides is 3. The quantitative estimate of drug-likeness (QED) is 0.0888. The Morgan fingerprint density at radius 1 is 0.853 bits per heavy atom. The molecule has 0 aromatic rings. The Hall–Kier alpha value is -2.89. The molecule has 0 aromatic carbocycles. The van der Waals surface area contributed by atoms with E-state index in [1.54, 1.807) is 34.6 Å². The lowest BCUT2D eigenvalue weighted by Crippen LogP contribution is -2.59. The average Bonchev–Trinajstić information content (AvgIpc) is 2.75. The number of carbonyl (C=O) groups is 4. The zero-order valence-electron chi connectivity index (χ0n) is 21.1. The highest BCUT2D eigenvalue weighted by Crippen LogP contribution is 2.11.